The van der Waals surface area contributed by atoms with Crippen LogP contribution in [0.5, 0.6) is 0 Å². The summed E-state index contributed by atoms with van der Waals surface area (Å²) in [5, 5.41) is 37.0. The maximum atomic E-state index is 13.8. The van der Waals surface area contributed by atoms with Crippen LogP contribution in [0.1, 0.15) is 91.9 Å². The molecule has 1 aliphatic heterocycles. The molecule has 0 unspecified atom stereocenters. The van der Waals surface area contributed by atoms with Crippen LogP contribution in [-0.4, -0.2) is 168 Å². The number of nitrogens with two attached hydrogens (primary N) is 6. The Hall–Kier alpha value is -6.35. The summed E-state index contributed by atoms with van der Waals surface area (Å²) in [4.78, 5) is 126. The molecule has 0 aromatic carbocycles. The molecule has 0 aromatic heterocycles. The lowest BCUT2D eigenvalue weighted by Crippen LogP contribution is -2.59. The average molecular weight is 955 g/mol. The Morgan fingerprint density at radius 3 is 1.67 bits per heavy atom. The van der Waals surface area contributed by atoms with E-state index in [1.54, 1.807) is 13.8 Å². The Labute approximate surface area is 389 Å². The summed E-state index contributed by atoms with van der Waals surface area (Å²) >= 11 is 0. The van der Waals surface area contributed by atoms with Gasteiger partial charge in [-0.15, -0.1) is 0 Å². The topological polar surface area (TPSA) is 462 Å². The summed E-state index contributed by atoms with van der Waals surface area (Å²) in [6.45, 7) is 5.40. The normalized spacial score (nSPS) is 16.4. The minimum Gasteiger partial charge on any atom is -0.480 e. The standard InChI is InChI=1S/C40H74N16O11/c1-21(2)18-27(38(66)67)54-32(60)23(4)51-34(62)25(11-7-15-47-39(43)44)52-30(58)19-49-36(64)29-13-9-17-56(29)37(65)28(20-57)55-35(63)26(12-8-16-48-40(45)46)53-31(59)22(3)50-33(61)24(42)10-5-6-14-41/h21-29,57H,5-20,41-42H2,1-4H3,(H,49,64)(H,50,61)(H,51,62)(H,52,58)(H,53,59)(H,54,60)(H,55,63)(H,66,67)(H4,43,44,47)(H4,45,46,48)/t22-,23-,24-,25-,26-,27-,28-,29-/m0/s1. The molecular formula is C40H74N16O11. The number of unbranched alkanes of at least 4 members (excludes halogenated alkanes) is 1. The third kappa shape index (κ3) is 22.6. The molecule has 1 heterocycles. The summed E-state index contributed by atoms with van der Waals surface area (Å²) in [7, 11) is 0. The smallest absolute Gasteiger partial charge is 0.326 e. The number of carbonyl (C=O) groups is 9. The highest BCUT2D eigenvalue weighted by atomic mass is 16.4. The predicted molar refractivity (Wildman–Crippen MR) is 246 cm³/mol. The zero-order chi connectivity index (χ0) is 50.8. The molecule has 0 aliphatic carbocycles. The molecule has 0 bridgehead atoms. The van der Waals surface area contributed by atoms with E-state index in [9.17, 15) is 53.4 Å². The highest BCUT2D eigenvalue weighted by Gasteiger charge is 2.39. The van der Waals surface area contributed by atoms with Crippen molar-refractivity contribution in [3.8, 4) is 0 Å². The number of carboxylic acid groups (broad SMARTS) is 1. The van der Waals surface area contributed by atoms with Gasteiger partial charge in [0.05, 0.1) is 19.2 Å². The number of carboxylic acids is 1. The number of aliphatic carboxylic acids is 1. The second-order valence-electron chi connectivity index (χ2n) is 16.6. The van der Waals surface area contributed by atoms with E-state index in [0.717, 1.165) is 4.90 Å². The largest absolute Gasteiger partial charge is 0.480 e. The average Bonchev–Trinajstić information content (AvgIpc) is 3.76. The van der Waals surface area contributed by atoms with Gasteiger partial charge in [-0.25, -0.2) is 4.79 Å². The number of aliphatic hydroxyl groups excluding tert-OH is 1. The molecule has 380 valence electrons. The number of nitrogens with zero attached hydrogens (tertiary/aromatic N) is 3. The molecule has 1 aliphatic rings. The van der Waals surface area contributed by atoms with Crippen molar-refractivity contribution in [2.75, 3.05) is 39.3 Å². The Morgan fingerprint density at radius 2 is 1.16 bits per heavy atom. The molecule has 0 spiro atoms. The zero-order valence-electron chi connectivity index (χ0n) is 38.9. The number of aliphatic imine (C=N–C) groups is 2. The third-order valence-corrected chi connectivity index (χ3v) is 10.4. The van der Waals surface area contributed by atoms with Gasteiger partial charge in [-0.05, 0) is 84.1 Å². The van der Waals surface area contributed by atoms with Crippen molar-refractivity contribution >= 4 is 65.1 Å². The van der Waals surface area contributed by atoms with Gasteiger partial charge >= 0.3 is 5.97 Å². The molecule has 8 amide bonds. The van der Waals surface area contributed by atoms with Gasteiger partial charge in [0.25, 0.3) is 0 Å². The van der Waals surface area contributed by atoms with Gasteiger partial charge in [-0.3, -0.25) is 48.3 Å². The van der Waals surface area contributed by atoms with Crippen LogP contribution >= 0.6 is 0 Å². The van der Waals surface area contributed by atoms with Gasteiger partial charge < -0.3 is 86.7 Å². The lowest BCUT2D eigenvalue weighted by molar-refractivity contribution is -0.143. The maximum absolute atomic E-state index is 13.8. The first-order chi connectivity index (χ1) is 31.5. The van der Waals surface area contributed by atoms with E-state index in [4.69, 9.17) is 34.4 Å². The number of carbonyl (C=O) groups excluding carboxylic acids is 8. The second kappa shape index (κ2) is 30.8. The van der Waals surface area contributed by atoms with Crippen molar-refractivity contribution < 1.29 is 53.4 Å². The van der Waals surface area contributed by atoms with Gasteiger partial charge in [0.2, 0.25) is 47.3 Å². The Balaban J connectivity index is 3.05. The van der Waals surface area contributed by atoms with Gasteiger partial charge in [-0.2, -0.15) is 0 Å². The van der Waals surface area contributed by atoms with E-state index in [1.165, 1.54) is 13.8 Å². The molecule has 27 nitrogen and oxygen atoms in total. The van der Waals surface area contributed by atoms with Crippen LogP contribution in [0.4, 0.5) is 0 Å². The number of hydrogen-bond donors (Lipinski definition) is 15. The van der Waals surface area contributed by atoms with E-state index in [0.29, 0.717) is 32.2 Å². The highest BCUT2D eigenvalue weighted by Crippen LogP contribution is 2.19. The van der Waals surface area contributed by atoms with Crippen molar-refractivity contribution in [2.45, 2.75) is 140 Å². The van der Waals surface area contributed by atoms with Crippen LogP contribution < -0.4 is 71.6 Å². The Kier molecular flexibility index (Phi) is 26.9. The number of aliphatic hydroxyl groups is 1. The first-order valence-electron chi connectivity index (χ1n) is 22.3. The number of rotatable bonds is 31. The van der Waals surface area contributed by atoms with Crippen LogP contribution in [-0.2, 0) is 43.2 Å². The van der Waals surface area contributed by atoms with Crippen LogP contribution in [0.3, 0.4) is 0 Å². The molecule has 21 N–H and O–H groups in total. The fourth-order valence-electron chi connectivity index (χ4n) is 6.73. The van der Waals surface area contributed by atoms with Gasteiger partial charge in [-0.1, -0.05) is 20.3 Å². The SMILES string of the molecule is CC(C)C[C@H](NC(=O)[C@H](C)NC(=O)[C@H](CCCN=C(N)N)NC(=O)CNC(=O)[C@@H]1CCCN1C(=O)[C@H](CO)NC(=O)[C@H](CCCN=C(N)N)NC(=O)[C@H](C)NC(=O)[C@@H](N)CCCCN)C(=O)O. The molecule has 67 heavy (non-hydrogen) atoms. The number of nitrogens with one attached hydrogen (secondary N) is 7. The predicted octanol–water partition coefficient (Wildman–Crippen LogP) is -6.27. The molecule has 1 rings (SSSR count). The molecule has 1 saturated heterocycles. The van der Waals surface area contributed by atoms with Crippen LogP contribution in [0, 0.1) is 5.92 Å². The molecule has 0 aromatic rings. The molecule has 27 heteroatoms. The first kappa shape index (κ1) is 58.7. The van der Waals surface area contributed by atoms with Gasteiger partial charge in [0, 0.05) is 19.6 Å². The lowest BCUT2D eigenvalue weighted by atomic mass is 10.0. The van der Waals surface area contributed by atoms with E-state index >= 15 is 0 Å². The molecule has 0 saturated carbocycles. The Bertz CT molecular complexity index is 1740. The van der Waals surface area contributed by atoms with Crippen molar-refractivity contribution in [3.05, 3.63) is 0 Å². The van der Waals surface area contributed by atoms with Crippen LogP contribution in [0.15, 0.2) is 9.98 Å². The van der Waals surface area contributed by atoms with Crippen molar-refractivity contribution in [1.29, 1.82) is 0 Å². The molecular weight excluding hydrogens is 881 g/mol. The van der Waals surface area contributed by atoms with E-state index < -0.39 is 115 Å². The van der Waals surface area contributed by atoms with E-state index in [2.05, 4.69) is 47.2 Å². The Morgan fingerprint density at radius 1 is 0.657 bits per heavy atom. The van der Waals surface area contributed by atoms with Gasteiger partial charge in [0.1, 0.15) is 42.3 Å². The number of hydrogen-bond acceptors (Lipinski definition) is 14. The summed E-state index contributed by atoms with van der Waals surface area (Å²) in [6.07, 6.45) is 2.60. The third-order valence-electron chi connectivity index (χ3n) is 10.4. The zero-order valence-corrected chi connectivity index (χ0v) is 38.9. The summed E-state index contributed by atoms with van der Waals surface area (Å²) in [5.74, 6) is -7.88. The monoisotopic (exact) mass is 955 g/mol. The number of likely N-dealkylation sites (tertiary alicyclic amines) is 1. The fraction of sp³-hybridized carbons (Fsp3) is 0.725. The highest BCUT2D eigenvalue weighted by molar-refractivity contribution is 5.97. The lowest BCUT2D eigenvalue weighted by Gasteiger charge is -2.29. The maximum Gasteiger partial charge on any atom is 0.326 e. The first-order valence-corrected chi connectivity index (χ1v) is 22.3. The van der Waals surface area contributed by atoms with Gasteiger partial charge in [0.15, 0.2) is 11.9 Å². The quantitative estimate of drug-likeness (QED) is 0.0175. The summed E-state index contributed by atoms with van der Waals surface area (Å²) in [5.41, 5.74) is 33.0. The van der Waals surface area contributed by atoms with Crippen LogP contribution in [0.2, 0.25) is 0 Å². The number of amides is 8. The van der Waals surface area contributed by atoms with Crippen molar-refractivity contribution in [3.63, 3.8) is 0 Å². The fourth-order valence-corrected chi connectivity index (χ4v) is 6.73. The summed E-state index contributed by atoms with van der Waals surface area (Å²) < 4.78 is 0. The molecule has 1 fully saturated rings. The second-order valence-corrected chi connectivity index (χ2v) is 16.6. The minimum absolute atomic E-state index is 0.0119. The minimum atomic E-state index is -1.57. The van der Waals surface area contributed by atoms with Crippen molar-refractivity contribution in [1.82, 2.24) is 42.1 Å². The molecule has 8 atom stereocenters. The molecule has 0 radical (unpaired) electrons. The number of guanidine groups is 2. The van der Waals surface area contributed by atoms with Crippen molar-refractivity contribution in [2.24, 2.45) is 50.3 Å². The van der Waals surface area contributed by atoms with Crippen LogP contribution in [0.25, 0.3) is 0 Å². The van der Waals surface area contributed by atoms with E-state index in [1.807, 2.05) is 0 Å². The van der Waals surface area contributed by atoms with E-state index in [-0.39, 0.29) is 76.0 Å². The summed E-state index contributed by atoms with van der Waals surface area (Å²) in [6, 6.07) is -9.68.